The minimum absolute atomic E-state index is 0.0243. The van der Waals surface area contributed by atoms with Gasteiger partial charge in [-0.3, -0.25) is 19.0 Å². The first-order valence-corrected chi connectivity index (χ1v) is 6.27. The number of carbonyl (C=O) groups excluding carboxylic acids is 2. The summed E-state index contributed by atoms with van der Waals surface area (Å²) in [6.07, 6.45) is -2.76. The smallest absolute Gasteiger partial charge is 0.264 e. The van der Waals surface area contributed by atoms with E-state index in [1.807, 2.05) is 0 Å². The van der Waals surface area contributed by atoms with Gasteiger partial charge in [0, 0.05) is 17.6 Å². The normalized spacial score (nSPS) is 30.3. The van der Waals surface area contributed by atoms with Crippen LogP contribution in [0, 0.1) is 6.85 Å². The number of rotatable bonds is 1. The van der Waals surface area contributed by atoms with E-state index in [2.05, 4.69) is 4.98 Å². The van der Waals surface area contributed by atoms with Crippen molar-refractivity contribution < 1.29 is 16.4 Å². The molecular weight excluding hydrogens is 270 g/mol. The first-order chi connectivity index (χ1) is 12.0. The number of ketones is 2. The molecule has 2 atom stereocenters. The van der Waals surface area contributed by atoms with E-state index in [-0.39, 0.29) is 16.6 Å². The van der Waals surface area contributed by atoms with E-state index in [1.54, 1.807) is 0 Å². The van der Waals surface area contributed by atoms with Crippen LogP contribution in [0.15, 0.2) is 23.0 Å². The fourth-order valence-electron chi connectivity index (χ4n) is 2.38. The molecule has 0 spiro atoms. The molecule has 0 amide bonds. The highest BCUT2D eigenvalue weighted by atomic mass is 16.2. The van der Waals surface area contributed by atoms with Gasteiger partial charge < -0.3 is 5.73 Å². The van der Waals surface area contributed by atoms with Crippen LogP contribution in [0.3, 0.4) is 0 Å². The molecule has 108 valence electrons. The Morgan fingerprint density at radius 1 is 1.48 bits per heavy atom. The van der Waals surface area contributed by atoms with E-state index in [4.69, 9.17) is 12.6 Å². The number of anilines is 1. The lowest BCUT2D eigenvalue weighted by Gasteiger charge is -2.24. The van der Waals surface area contributed by atoms with E-state index in [0.29, 0.717) is 4.57 Å². The summed E-state index contributed by atoms with van der Waals surface area (Å²) in [6.45, 7) is -2.90. The highest BCUT2D eigenvalue weighted by Gasteiger charge is 2.30. The summed E-state index contributed by atoms with van der Waals surface area (Å²) in [5, 5.41) is -0.113. The van der Waals surface area contributed by atoms with Gasteiger partial charge in [-0.2, -0.15) is 0 Å². The predicted molar refractivity (Wildman–Crippen MR) is 78.1 cm³/mol. The van der Waals surface area contributed by atoms with Crippen molar-refractivity contribution in [3.63, 3.8) is 0 Å². The third-order valence-corrected chi connectivity index (χ3v) is 3.38. The molecule has 6 heteroatoms. The Morgan fingerprint density at radius 3 is 3.05 bits per heavy atom. The first-order valence-electron chi connectivity index (χ1n) is 8.85. The molecule has 2 aromatic rings. The van der Waals surface area contributed by atoms with Crippen molar-refractivity contribution in [1.29, 1.82) is 0 Å². The summed E-state index contributed by atoms with van der Waals surface area (Å²) < 4.78 is 39.8. The Hall–Kier alpha value is -2.50. The largest absolute Gasteiger partial charge is 0.398 e. The number of nitrogen functional groups attached to an aromatic ring is 1. The molecule has 6 nitrogen and oxygen atoms in total. The Balaban J connectivity index is 2.43. The lowest BCUT2D eigenvalue weighted by atomic mass is 9.92. The fraction of sp³-hybridized carbons (Fsp3) is 0.333. The molecule has 2 N–H and O–H groups in total. The van der Waals surface area contributed by atoms with Gasteiger partial charge in [-0.1, -0.05) is 6.07 Å². The zero-order valence-electron chi connectivity index (χ0n) is 15.9. The van der Waals surface area contributed by atoms with Gasteiger partial charge in [0.15, 0.2) is 5.78 Å². The molecule has 0 saturated heterocycles. The van der Waals surface area contributed by atoms with Crippen LogP contribution in [0.25, 0.3) is 10.9 Å². The third kappa shape index (κ3) is 2.12. The number of nitrogens with two attached hydrogens (primary N) is 1. The highest BCUT2D eigenvalue weighted by Crippen LogP contribution is 2.24. The quantitative estimate of drug-likeness (QED) is 0.628. The van der Waals surface area contributed by atoms with Gasteiger partial charge in [0.2, 0.25) is 0 Å². The van der Waals surface area contributed by atoms with Crippen molar-refractivity contribution in [3.8, 4) is 0 Å². The number of benzene rings is 1. The van der Waals surface area contributed by atoms with Gasteiger partial charge in [-0.05, 0) is 25.4 Å². The van der Waals surface area contributed by atoms with Crippen LogP contribution < -0.4 is 11.3 Å². The van der Waals surface area contributed by atoms with Gasteiger partial charge >= 0.3 is 0 Å². The lowest BCUT2D eigenvalue weighted by Crippen LogP contribution is -2.36. The van der Waals surface area contributed by atoms with Crippen LogP contribution in [0.5, 0.6) is 0 Å². The van der Waals surface area contributed by atoms with Crippen LogP contribution in [0.1, 0.15) is 37.9 Å². The number of aryl methyl sites for hydroxylation is 1. The van der Waals surface area contributed by atoms with Crippen LogP contribution in [0.2, 0.25) is 0 Å². The molecule has 0 bridgehead atoms. The monoisotopic (exact) mass is 290 g/mol. The maximum Gasteiger partial charge on any atom is 0.264 e. The minimum atomic E-state index is -2.90. The minimum Gasteiger partial charge on any atom is -0.398 e. The number of aromatic nitrogens is 2. The average molecular weight is 290 g/mol. The number of hydrogen-bond acceptors (Lipinski definition) is 5. The van der Waals surface area contributed by atoms with Gasteiger partial charge in [0.05, 0.1) is 24.7 Å². The Kier molecular flexibility index (Phi) is 1.99. The second-order valence-corrected chi connectivity index (χ2v) is 4.74. The molecule has 3 rings (SSSR count). The molecule has 1 saturated carbocycles. The third-order valence-electron chi connectivity index (χ3n) is 3.38. The van der Waals surface area contributed by atoms with Crippen LogP contribution in [0.4, 0.5) is 5.69 Å². The van der Waals surface area contributed by atoms with Crippen molar-refractivity contribution >= 4 is 28.2 Å². The molecule has 0 radical (unpaired) electrons. The zero-order chi connectivity index (χ0) is 19.4. The molecular formula is C15H15N3O3. The van der Waals surface area contributed by atoms with Gasteiger partial charge in [0.25, 0.3) is 5.56 Å². The van der Waals surface area contributed by atoms with Crippen molar-refractivity contribution in [2.24, 2.45) is 0 Å². The molecule has 1 fully saturated rings. The van der Waals surface area contributed by atoms with E-state index in [9.17, 15) is 14.4 Å². The van der Waals surface area contributed by atoms with E-state index in [1.165, 1.54) is 18.2 Å². The van der Waals surface area contributed by atoms with Crippen LogP contribution in [-0.4, -0.2) is 21.1 Å². The van der Waals surface area contributed by atoms with Crippen LogP contribution >= 0.6 is 0 Å². The first kappa shape index (κ1) is 8.71. The summed E-state index contributed by atoms with van der Waals surface area (Å²) in [4.78, 5) is 41.1. The Bertz CT molecular complexity index is 1000. The zero-order valence-corrected chi connectivity index (χ0v) is 10.9. The molecule has 21 heavy (non-hydrogen) atoms. The van der Waals surface area contributed by atoms with Crippen molar-refractivity contribution in [1.82, 2.24) is 9.55 Å². The average Bonchev–Trinajstić information content (AvgIpc) is 2.51. The maximum atomic E-state index is 13.0. The molecule has 2 unspecified atom stereocenters. The number of fused-ring (bicyclic) bond motifs is 1. The number of carbonyl (C=O) groups is 2. The second-order valence-electron chi connectivity index (χ2n) is 4.74. The Morgan fingerprint density at radius 2 is 2.29 bits per heavy atom. The predicted octanol–water partition coefficient (Wildman–Crippen LogP) is 1.15. The van der Waals surface area contributed by atoms with Gasteiger partial charge in [-0.25, -0.2) is 4.98 Å². The molecule has 0 aliphatic heterocycles. The van der Waals surface area contributed by atoms with Gasteiger partial charge in [-0.15, -0.1) is 0 Å². The molecule has 1 aromatic heterocycles. The standard InChI is InChI=1S/C15H15N3O3/c1-8-17-11-4-2-3-10(16)14(11)15(21)18(8)12-6-5-9(19)7-13(12)20/h2-4,12H,5-7,16H2,1H3/i1D3,5D,12D. The highest BCUT2D eigenvalue weighted by molar-refractivity contribution is 6.03. The van der Waals surface area contributed by atoms with E-state index < -0.39 is 55.1 Å². The number of Topliss-reactive ketones (excluding diaryl/α,β-unsaturated/α-hetero) is 2. The number of hydrogen-bond donors (Lipinski definition) is 1. The summed E-state index contributed by atoms with van der Waals surface area (Å²) in [5.74, 6) is -2.37. The van der Waals surface area contributed by atoms with Crippen molar-refractivity contribution in [2.45, 2.75) is 32.1 Å². The molecule has 1 aromatic carbocycles. The van der Waals surface area contributed by atoms with E-state index in [0.717, 1.165) is 0 Å². The van der Waals surface area contributed by atoms with Crippen molar-refractivity contribution in [2.75, 3.05) is 5.73 Å². The molecule has 1 aliphatic carbocycles. The van der Waals surface area contributed by atoms with Crippen LogP contribution in [-0.2, 0) is 9.59 Å². The van der Waals surface area contributed by atoms with E-state index >= 15 is 0 Å². The second kappa shape index (κ2) is 4.80. The van der Waals surface area contributed by atoms with Gasteiger partial charge in [0.1, 0.15) is 11.6 Å². The fourth-order valence-corrected chi connectivity index (χ4v) is 2.38. The summed E-state index contributed by atoms with van der Waals surface area (Å²) in [5.41, 5.74) is 4.91. The summed E-state index contributed by atoms with van der Waals surface area (Å²) in [7, 11) is 0. The number of nitrogens with zero attached hydrogens (tertiary/aromatic N) is 2. The lowest BCUT2D eigenvalue weighted by molar-refractivity contribution is -0.132. The molecule has 1 heterocycles. The SMILES string of the molecule is [2H]C1CC([2H])(n2c(C([2H])([2H])[2H])nc3cccc(N)c3c2=O)C(=O)CC1=O. The summed E-state index contributed by atoms with van der Waals surface area (Å²) in [6, 6.07) is 1.91. The van der Waals surface area contributed by atoms with Crippen molar-refractivity contribution in [3.05, 3.63) is 34.4 Å². The summed E-state index contributed by atoms with van der Waals surface area (Å²) >= 11 is 0. The maximum absolute atomic E-state index is 13.0. The topological polar surface area (TPSA) is 95.1 Å². The molecule has 1 aliphatic rings. The Labute approximate surface area is 127 Å².